The summed E-state index contributed by atoms with van der Waals surface area (Å²) in [6.07, 6.45) is 4.88. The Morgan fingerprint density at radius 2 is 2.00 bits per heavy atom. The molecule has 0 N–H and O–H groups in total. The zero-order valence-corrected chi connectivity index (χ0v) is 13.9. The molecule has 0 radical (unpaired) electrons. The van der Waals surface area contributed by atoms with Crippen LogP contribution in [0.5, 0.6) is 5.75 Å². The molecule has 126 valence electrons. The highest BCUT2D eigenvalue weighted by Crippen LogP contribution is 2.61. The normalized spacial score (nSPS) is 27.9. The zero-order chi connectivity index (χ0) is 16.4. The highest BCUT2D eigenvalue weighted by Gasteiger charge is 2.53. The minimum absolute atomic E-state index is 0.132. The van der Waals surface area contributed by atoms with Crippen LogP contribution in [0.4, 0.5) is 4.39 Å². The Kier molecular flexibility index (Phi) is 4.60. The van der Waals surface area contributed by atoms with E-state index in [4.69, 9.17) is 9.47 Å². The molecule has 3 aliphatic rings. The van der Waals surface area contributed by atoms with E-state index in [1.54, 1.807) is 0 Å². The summed E-state index contributed by atoms with van der Waals surface area (Å²) in [5.41, 5.74) is 0.471. The average Bonchev–Trinajstić information content (AvgIpc) is 2.54. The minimum Gasteiger partial charge on any atom is -0.482 e. The number of benzene rings is 1. The molecule has 3 aliphatic carbocycles. The predicted molar refractivity (Wildman–Crippen MR) is 85.6 cm³/mol. The summed E-state index contributed by atoms with van der Waals surface area (Å²) in [6, 6.07) is 5.61. The quantitative estimate of drug-likeness (QED) is 0.737. The number of hydrogen-bond acceptors (Lipinski definition) is 3. The molecule has 3 saturated carbocycles. The van der Waals surface area contributed by atoms with Crippen LogP contribution >= 0.6 is 0 Å². The molecule has 23 heavy (non-hydrogen) atoms. The van der Waals surface area contributed by atoms with E-state index in [2.05, 4.69) is 13.8 Å². The molecule has 3 nitrogen and oxygen atoms in total. The van der Waals surface area contributed by atoms with Gasteiger partial charge in [-0.25, -0.2) is 9.18 Å². The Bertz CT molecular complexity index is 550. The Labute approximate surface area is 137 Å². The maximum Gasteiger partial charge on any atom is 0.344 e. The van der Waals surface area contributed by atoms with Crippen molar-refractivity contribution in [2.75, 3.05) is 13.2 Å². The number of fused-ring (bicyclic) bond motifs is 2. The van der Waals surface area contributed by atoms with E-state index >= 15 is 0 Å². The van der Waals surface area contributed by atoms with Crippen LogP contribution in [0.15, 0.2) is 24.3 Å². The fourth-order valence-corrected chi connectivity index (χ4v) is 4.35. The molecule has 0 aliphatic heterocycles. The van der Waals surface area contributed by atoms with Gasteiger partial charge >= 0.3 is 5.97 Å². The van der Waals surface area contributed by atoms with Gasteiger partial charge in [-0.3, -0.25) is 0 Å². The molecule has 4 rings (SSSR count). The molecule has 1 aromatic rings. The fourth-order valence-electron chi connectivity index (χ4n) is 4.35. The van der Waals surface area contributed by atoms with Gasteiger partial charge in [0, 0.05) is 0 Å². The van der Waals surface area contributed by atoms with Crippen LogP contribution in [-0.4, -0.2) is 19.2 Å². The van der Waals surface area contributed by atoms with Crippen LogP contribution in [0.3, 0.4) is 0 Å². The lowest BCUT2D eigenvalue weighted by Gasteiger charge is -2.60. The van der Waals surface area contributed by atoms with Crippen molar-refractivity contribution < 1.29 is 18.7 Å². The van der Waals surface area contributed by atoms with Crippen molar-refractivity contribution in [2.45, 2.75) is 39.5 Å². The number of ether oxygens (including phenoxy) is 2. The molecular weight excluding hydrogens is 295 g/mol. The summed E-state index contributed by atoms with van der Waals surface area (Å²) < 4.78 is 23.3. The largest absolute Gasteiger partial charge is 0.482 e. The number of rotatable bonds is 6. The molecule has 0 amide bonds. The van der Waals surface area contributed by atoms with E-state index in [0.717, 1.165) is 18.3 Å². The molecule has 3 atom stereocenters. The van der Waals surface area contributed by atoms with E-state index in [1.165, 1.54) is 43.5 Å². The lowest BCUT2D eigenvalue weighted by Crippen LogP contribution is -2.52. The monoisotopic (exact) mass is 320 g/mol. The van der Waals surface area contributed by atoms with Crippen molar-refractivity contribution >= 4 is 5.97 Å². The SMILES string of the molecule is CC1(C)C2CCC(CCOC(=O)COc3ccc(F)cc3)C1C2. The summed E-state index contributed by atoms with van der Waals surface area (Å²) in [6.45, 7) is 5.09. The van der Waals surface area contributed by atoms with Gasteiger partial charge in [0.15, 0.2) is 6.61 Å². The lowest BCUT2D eigenvalue weighted by molar-refractivity contribution is -0.148. The Hall–Kier alpha value is -1.58. The predicted octanol–water partition coefficient (Wildman–Crippen LogP) is 4.21. The second-order valence-corrected chi connectivity index (χ2v) is 7.45. The van der Waals surface area contributed by atoms with E-state index in [0.29, 0.717) is 23.7 Å². The van der Waals surface area contributed by atoms with Crippen LogP contribution in [-0.2, 0) is 9.53 Å². The van der Waals surface area contributed by atoms with Crippen LogP contribution in [0, 0.1) is 29.0 Å². The fraction of sp³-hybridized carbons (Fsp3) is 0.632. The van der Waals surface area contributed by atoms with Crippen molar-refractivity contribution in [1.29, 1.82) is 0 Å². The maximum atomic E-state index is 12.8. The first-order valence-electron chi connectivity index (χ1n) is 8.51. The summed E-state index contributed by atoms with van der Waals surface area (Å²) in [7, 11) is 0. The number of halogens is 1. The maximum absolute atomic E-state index is 12.8. The standard InChI is InChI=1S/C19H25FO3/c1-19(2)14-4-3-13(17(19)11-14)9-10-22-18(21)12-23-16-7-5-15(20)6-8-16/h5-8,13-14,17H,3-4,9-12H2,1-2H3. The lowest BCUT2D eigenvalue weighted by atomic mass is 9.45. The van der Waals surface area contributed by atoms with Crippen molar-refractivity contribution in [3.8, 4) is 5.75 Å². The van der Waals surface area contributed by atoms with Crippen LogP contribution in [0.25, 0.3) is 0 Å². The van der Waals surface area contributed by atoms with Gasteiger partial charge in [0.25, 0.3) is 0 Å². The molecule has 3 fully saturated rings. The van der Waals surface area contributed by atoms with Crippen molar-refractivity contribution in [1.82, 2.24) is 0 Å². The summed E-state index contributed by atoms with van der Waals surface area (Å²) in [5, 5.41) is 0. The van der Waals surface area contributed by atoms with Crippen LogP contribution in [0.2, 0.25) is 0 Å². The summed E-state index contributed by atoms with van der Waals surface area (Å²) in [5.74, 6) is 2.15. The van der Waals surface area contributed by atoms with Crippen LogP contribution in [0.1, 0.15) is 39.5 Å². The highest BCUT2D eigenvalue weighted by atomic mass is 19.1. The molecule has 0 heterocycles. The molecule has 3 unspecified atom stereocenters. The Balaban J connectivity index is 1.36. The van der Waals surface area contributed by atoms with Gasteiger partial charge in [0.2, 0.25) is 0 Å². The van der Waals surface area contributed by atoms with Gasteiger partial charge in [-0.05, 0) is 73.1 Å². The molecule has 0 saturated heterocycles. The first kappa shape index (κ1) is 16.3. The summed E-state index contributed by atoms with van der Waals surface area (Å²) >= 11 is 0. The molecule has 1 aromatic carbocycles. The van der Waals surface area contributed by atoms with Gasteiger partial charge in [0.1, 0.15) is 11.6 Å². The second kappa shape index (κ2) is 6.50. The first-order valence-corrected chi connectivity index (χ1v) is 8.51. The van der Waals surface area contributed by atoms with E-state index < -0.39 is 0 Å². The molecule has 0 spiro atoms. The minimum atomic E-state index is -0.365. The third kappa shape index (κ3) is 3.51. The van der Waals surface area contributed by atoms with E-state index in [1.807, 2.05) is 0 Å². The smallest absolute Gasteiger partial charge is 0.344 e. The van der Waals surface area contributed by atoms with E-state index in [-0.39, 0.29) is 18.4 Å². The van der Waals surface area contributed by atoms with Crippen molar-refractivity contribution in [2.24, 2.45) is 23.2 Å². The third-order valence-corrected chi connectivity index (χ3v) is 5.92. The summed E-state index contributed by atoms with van der Waals surface area (Å²) in [4.78, 5) is 11.7. The molecular formula is C19H25FO3. The third-order valence-electron chi connectivity index (χ3n) is 5.92. The second-order valence-electron chi connectivity index (χ2n) is 7.45. The Morgan fingerprint density at radius 1 is 1.26 bits per heavy atom. The van der Waals surface area contributed by atoms with Gasteiger partial charge in [-0.15, -0.1) is 0 Å². The number of hydrogen-bond donors (Lipinski definition) is 0. The zero-order valence-electron chi connectivity index (χ0n) is 13.9. The van der Waals surface area contributed by atoms with Gasteiger partial charge in [-0.1, -0.05) is 13.8 Å². The number of carbonyl (C=O) groups is 1. The average molecular weight is 320 g/mol. The molecule has 0 aromatic heterocycles. The van der Waals surface area contributed by atoms with Gasteiger partial charge < -0.3 is 9.47 Å². The number of esters is 1. The first-order chi connectivity index (χ1) is 11.0. The topological polar surface area (TPSA) is 35.5 Å². The van der Waals surface area contributed by atoms with Gasteiger partial charge in [0.05, 0.1) is 6.61 Å². The van der Waals surface area contributed by atoms with E-state index in [9.17, 15) is 9.18 Å². The van der Waals surface area contributed by atoms with Gasteiger partial charge in [-0.2, -0.15) is 0 Å². The molecule has 2 bridgehead atoms. The van der Waals surface area contributed by atoms with Crippen LogP contribution < -0.4 is 4.74 Å². The van der Waals surface area contributed by atoms with Crippen molar-refractivity contribution in [3.63, 3.8) is 0 Å². The highest BCUT2D eigenvalue weighted by molar-refractivity contribution is 5.71. The molecule has 4 heteroatoms. The number of carbonyl (C=O) groups excluding carboxylic acids is 1. The van der Waals surface area contributed by atoms with Crippen molar-refractivity contribution in [3.05, 3.63) is 30.1 Å². The Morgan fingerprint density at radius 3 is 2.65 bits per heavy atom.